The number of anilines is 1. The largest absolute Gasteiger partial charge is 0.432 e. The summed E-state index contributed by atoms with van der Waals surface area (Å²) in [5, 5.41) is 0. The fourth-order valence-corrected chi connectivity index (χ4v) is 1.84. The van der Waals surface area contributed by atoms with E-state index in [0.29, 0.717) is 6.01 Å². The van der Waals surface area contributed by atoms with Crippen molar-refractivity contribution in [2.75, 3.05) is 25.1 Å². The molecule has 0 spiro atoms. The molecular formula is C10H17N3O2. The van der Waals surface area contributed by atoms with Crippen LogP contribution in [0.1, 0.15) is 12.1 Å². The second kappa shape index (κ2) is 4.20. The van der Waals surface area contributed by atoms with Crippen molar-refractivity contribution in [3.63, 3.8) is 0 Å². The van der Waals surface area contributed by atoms with Gasteiger partial charge in [-0.1, -0.05) is 0 Å². The number of oxazole rings is 1. The Bertz CT molecular complexity index is 326. The van der Waals surface area contributed by atoms with Crippen molar-refractivity contribution < 1.29 is 9.15 Å². The predicted octanol–water partition coefficient (Wildman–Crippen LogP) is 0.535. The lowest BCUT2D eigenvalue weighted by Gasteiger charge is -2.34. The molecule has 2 unspecified atom stereocenters. The minimum absolute atomic E-state index is 0.0611. The monoisotopic (exact) mass is 211 g/mol. The summed E-state index contributed by atoms with van der Waals surface area (Å²) in [6.07, 6.45) is 2.62. The standard InChI is InChI=1S/C10H17N3O2/c1-7-6-15-10(12-7)13-4-3-8(11)9(5-13)14-2/h6,8-9H,3-5,11H2,1-2H3. The fourth-order valence-electron chi connectivity index (χ4n) is 1.84. The Balaban J connectivity index is 2.06. The van der Waals surface area contributed by atoms with Crippen LogP contribution in [0.15, 0.2) is 10.7 Å². The summed E-state index contributed by atoms with van der Waals surface area (Å²) < 4.78 is 10.7. The van der Waals surface area contributed by atoms with Crippen molar-refractivity contribution in [3.05, 3.63) is 12.0 Å². The molecule has 15 heavy (non-hydrogen) atoms. The van der Waals surface area contributed by atoms with Crippen LogP contribution >= 0.6 is 0 Å². The first-order chi connectivity index (χ1) is 7.20. The Morgan fingerprint density at radius 3 is 3.07 bits per heavy atom. The minimum Gasteiger partial charge on any atom is -0.432 e. The van der Waals surface area contributed by atoms with Gasteiger partial charge in [-0.25, -0.2) is 0 Å². The molecule has 1 saturated heterocycles. The molecule has 0 bridgehead atoms. The zero-order valence-corrected chi connectivity index (χ0v) is 9.14. The first-order valence-electron chi connectivity index (χ1n) is 5.16. The van der Waals surface area contributed by atoms with E-state index in [4.69, 9.17) is 14.9 Å². The Labute approximate surface area is 89.2 Å². The van der Waals surface area contributed by atoms with Gasteiger partial charge in [-0.15, -0.1) is 0 Å². The van der Waals surface area contributed by atoms with Gasteiger partial charge in [-0.3, -0.25) is 0 Å². The summed E-state index contributed by atoms with van der Waals surface area (Å²) in [6.45, 7) is 3.54. The van der Waals surface area contributed by atoms with Gasteiger partial charge in [0.2, 0.25) is 0 Å². The van der Waals surface area contributed by atoms with Gasteiger partial charge < -0.3 is 19.8 Å². The highest BCUT2D eigenvalue weighted by molar-refractivity contribution is 5.28. The number of piperidine rings is 1. The van der Waals surface area contributed by atoms with Crippen LogP contribution in [0.3, 0.4) is 0 Å². The highest BCUT2D eigenvalue weighted by Crippen LogP contribution is 2.19. The lowest BCUT2D eigenvalue weighted by molar-refractivity contribution is 0.0717. The molecule has 5 heteroatoms. The molecule has 1 aromatic heterocycles. The molecule has 2 heterocycles. The van der Waals surface area contributed by atoms with E-state index in [1.165, 1.54) is 0 Å². The van der Waals surface area contributed by atoms with Crippen molar-refractivity contribution in [1.29, 1.82) is 0 Å². The molecule has 1 aromatic rings. The number of hydrogen-bond acceptors (Lipinski definition) is 5. The van der Waals surface area contributed by atoms with Crippen molar-refractivity contribution >= 4 is 6.01 Å². The normalized spacial score (nSPS) is 27.0. The topological polar surface area (TPSA) is 64.5 Å². The van der Waals surface area contributed by atoms with Gasteiger partial charge in [-0.05, 0) is 13.3 Å². The van der Waals surface area contributed by atoms with Crippen molar-refractivity contribution in [2.24, 2.45) is 5.73 Å². The number of methoxy groups -OCH3 is 1. The summed E-state index contributed by atoms with van der Waals surface area (Å²) in [6, 6.07) is 0.781. The van der Waals surface area contributed by atoms with Gasteiger partial charge in [0, 0.05) is 19.7 Å². The zero-order chi connectivity index (χ0) is 10.8. The smallest absolute Gasteiger partial charge is 0.297 e. The first kappa shape index (κ1) is 10.4. The van der Waals surface area contributed by atoms with Crippen molar-refractivity contribution in [1.82, 2.24) is 4.98 Å². The fraction of sp³-hybridized carbons (Fsp3) is 0.700. The molecule has 2 N–H and O–H groups in total. The molecule has 0 aromatic carbocycles. The average Bonchev–Trinajstić information content (AvgIpc) is 2.66. The van der Waals surface area contributed by atoms with Gasteiger partial charge in [0.25, 0.3) is 6.01 Å². The lowest BCUT2D eigenvalue weighted by atomic mass is 10.0. The number of aromatic nitrogens is 1. The highest BCUT2D eigenvalue weighted by Gasteiger charge is 2.28. The maximum Gasteiger partial charge on any atom is 0.297 e. The van der Waals surface area contributed by atoms with E-state index in [0.717, 1.165) is 25.2 Å². The van der Waals surface area contributed by atoms with Crippen LogP contribution in [0.2, 0.25) is 0 Å². The number of nitrogens with two attached hydrogens (primary N) is 1. The summed E-state index contributed by atoms with van der Waals surface area (Å²) in [7, 11) is 1.69. The maximum absolute atomic E-state index is 5.93. The number of ether oxygens (including phenoxy) is 1. The molecular weight excluding hydrogens is 194 g/mol. The van der Waals surface area contributed by atoms with Crippen LogP contribution in [0.5, 0.6) is 0 Å². The summed E-state index contributed by atoms with van der Waals surface area (Å²) in [5.41, 5.74) is 6.83. The molecule has 84 valence electrons. The van der Waals surface area contributed by atoms with Gasteiger partial charge in [0.15, 0.2) is 0 Å². The summed E-state index contributed by atoms with van der Waals surface area (Å²) >= 11 is 0. The molecule has 0 amide bonds. The molecule has 1 aliphatic heterocycles. The molecule has 5 nitrogen and oxygen atoms in total. The number of nitrogens with zero attached hydrogens (tertiary/aromatic N) is 2. The molecule has 0 radical (unpaired) electrons. The van der Waals surface area contributed by atoms with Gasteiger partial charge in [0.1, 0.15) is 6.26 Å². The van der Waals surface area contributed by atoms with E-state index in [9.17, 15) is 0 Å². The predicted molar refractivity (Wildman–Crippen MR) is 56.8 cm³/mol. The summed E-state index contributed by atoms with van der Waals surface area (Å²) in [4.78, 5) is 6.36. The number of aryl methyl sites for hydroxylation is 1. The second-order valence-corrected chi connectivity index (χ2v) is 3.94. The Morgan fingerprint density at radius 1 is 1.67 bits per heavy atom. The van der Waals surface area contributed by atoms with Crippen LogP contribution < -0.4 is 10.6 Å². The van der Waals surface area contributed by atoms with E-state index in [-0.39, 0.29) is 12.1 Å². The van der Waals surface area contributed by atoms with Gasteiger partial charge in [-0.2, -0.15) is 4.98 Å². The second-order valence-electron chi connectivity index (χ2n) is 3.94. The van der Waals surface area contributed by atoms with Crippen LogP contribution in [0.25, 0.3) is 0 Å². The van der Waals surface area contributed by atoms with E-state index in [1.807, 2.05) is 6.92 Å². The third-order valence-corrected chi connectivity index (χ3v) is 2.79. The SMILES string of the molecule is COC1CN(c2nc(C)co2)CCC1N. The molecule has 2 atom stereocenters. The molecule has 0 saturated carbocycles. The molecule has 1 fully saturated rings. The molecule has 2 rings (SSSR count). The number of rotatable bonds is 2. The van der Waals surface area contributed by atoms with Crippen molar-refractivity contribution in [3.8, 4) is 0 Å². The van der Waals surface area contributed by atoms with Gasteiger partial charge >= 0.3 is 0 Å². The average molecular weight is 211 g/mol. The molecule has 1 aliphatic rings. The summed E-state index contributed by atoms with van der Waals surface area (Å²) in [5.74, 6) is 0. The zero-order valence-electron chi connectivity index (χ0n) is 9.14. The van der Waals surface area contributed by atoms with E-state index in [1.54, 1.807) is 13.4 Å². The molecule has 0 aliphatic carbocycles. The lowest BCUT2D eigenvalue weighted by Crippen LogP contribution is -2.51. The highest BCUT2D eigenvalue weighted by atomic mass is 16.5. The van der Waals surface area contributed by atoms with Gasteiger partial charge in [0.05, 0.1) is 18.3 Å². The van der Waals surface area contributed by atoms with Crippen LogP contribution in [-0.2, 0) is 4.74 Å². The van der Waals surface area contributed by atoms with Crippen LogP contribution in [-0.4, -0.2) is 37.3 Å². The van der Waals surface area contributed by atoms with E-state index < -0.39 is 0 Å². The van der Waals surface area contributed by atoms with Crippen LogP contribution in [0.4, 0.5) is 6.01 Å². The third kappa shape index (κ3) is 2.13. The van der Waals surface area contributed by atoms with Crippen molar-refractivity contribution in [2.45, 2.75) is 25.5 Å². The third-order valence-electron chi connectivity index (χ3n) is 2.79. The van der Waals surface area contributed by atoms with Crippen LogP contribution in [0, 0.1) is 6.92 Å². The first-order valence-corrected chi connectivity index (χ1v) is 5.16. The Kier molecular flexibility index (Phi) is 2.93. The van der Waals surface area contributed by atoms with E-state index >= 15 is 0 Å². The Morgan fingerprint density at radius 2 is 2.47 bits per heavy atom. The van der Waals surface area contributed by atoms with E-state index in [2.05, 4.69) is 9.88 Å². The maximum atomic E-state index is 5.93. The quantitative estimate of drug-likeness (QED) is 0.773. The Hall–Kier alpha value is -1.07. The minimum atomic E-state index is 0.0611. The number of hydrogen-bond donors (Lipinski definition) is 1.